The van der Waals surface area contributed by atoms with Gasteiger partial charge in [-0.3, -0.25) is 4.79 Å². The number of thioether (sulfide) groups is 1. The van der Waals surface area contributed by atoms with Crippen LogP contribution in [0.2, 0.25) is 6.04 Å². The molecular formula is C13H28O4SSi. The summed E-state index contributed by atoms with van der Waals surface area (Å²) in [7, 11) is 2.28. The number of rotatable bonds is 12. The highest BCUT2D eigenvalue weighted by Crippen LogP contribution is 2.19. The van der Waals surface area contributed by atoms with Crippen molar-refractivity contribution in [2.75, 3.05) is 27.1 Å². The Morgan fingerprint density at radius 3 is 2.11 bits per heavy atom. The topological polar surface area (TPSA) is 44.8 Å². The van der Waals surface area contributed by atoms with Gasteiger partial charge in [-0.05, 0) is 6.42 Å². The highest BCUT2D eigenvalue weighted by atomic mass is 32.2. The molecule has 0 saturated carbocycles. The minimum atomic E-state index is -2.51. The summed E-state index contributed by atoms with van der Waals surface area (Å²) in [6, 6.07) is 0.669. The van der Waals surface area contributed by atoms with Crippen molar-refractivity contribution in [1.29, 1.82) is 0 Å². The molecule has 19 heavy (non-hydrogen) atoms. The van der Waals surface area contributed by atoms with Crippen LogP contribution in [0.3, 0.4) is 0 Å². The van der Waals surface area contributed by atoms with Crippen LogP contribution in [-0.4, -0.2) is 41.0 Å². The van der Waals surface area contributed by atoms with Gasteiger partial charge in [-0.25, -0.2) is 0 Å². The lowest BCUT2D eigenvalue weighted by atomic mass is 10.1. The van der Waals surface area contributed by atoms with E-state index >= 15 is 0 Å². The van der Waals surface area contributed by atoms with Gasteiger partial charge in [0, 0.05) is 39.5 Å². The summed E-state index contributed by atoms with van der Waals surface area (Å²) in [6.45, 7) is 2.19. The molecule has 0 aliphatic carbocycles. The van der Waals surface area contributed by atoms with Crippen molar-refractivity contribution in [1.82, 2.24) is 0 Å². The number of hydrogen-bond donors (Lipinski definition) is 0. The Hall–Kier alpha value is 0.117. The number of unbranched alkanes of at least 4 members (excludes halogenated alkanes) is 4. The fourth-order valence-corrected chi connectivity index (χ4v) is 4.83. The monoisotopic (exact) mass is 308 g/mol. The summed E-state index contributed by atoms with van der Waals surface area (Å²) < 4.78 is 15.9. The van der Waals surface area contributed by atoms with E-state index in [0.717, 1.165) is 12.8 Å². The summed E-state index contributed by atoms with van der Waals surface area (Å²) in [4.78, 5) is 11.7. The van der Waals surface area contributed by atoms with Gasteiger partial charge >= 0.3 is 8.80 Å². The second-order valence-corrected chi connectivity index (χ2v) is 8.67. The average Bonchev–Trinajstić information content (AvgIpc) is 2.44. The van der Waals surface area contributed by atoms with E-state index in [0.29, 0.717) is 18.2 Å². The zero-order valence-corrected chi connectivity index (χ0v) is 14.5. The zero-order chi connectivity index (χ0) is 14.6. The van der Waals surface area contributed by atoms with Gasteiger partial charge in [0.2, 0.25) is 0 Å². The Bertz CT molecular complexity index is 226. The van der Waals surface area contributed by atoms with E-state index in [-0.39, 0.29) is 5.12 Å². The van der Waals surface area contributed by atoms with E-state index in [1.54, 1.807) is 21.3 Å². The molecule has 0 bridgehead atoms. The van der Waals surface area contributed by atoms with Crippen molar-refractivity contribution in [3.63, 3.8) is 0 Å². The Morgan fingerprint density at radius 1 is 1.00 bits per heavy atom. The van der Waals surface area contributed by atoms with Gasteiger partial charge in [0.25, 0.3) is 0 Å². The molecule has 0 aliphatic rings. The Kier molecular flexibility index (Phi) is 12.0. The van der Waals surface area contributed by atoms with E-state index in [1.165, 1.54) is 31.0 Å². The smallest absolute Gasteiger partial charge is 0.377 e. The van der Waals surface area contributed by atoms with Crippen molar-refractivity contribution < 1.29 is 18.1 Å². The van der Waals surface area contributed by atoms with E-state index in [2.05, 4.69) is 6.92 Å². The summed E-state index contributed by atoms with van der Waals surface area (Å²) in [5.74, 6) is 0.704. The Labute approximate surface area is 122 Å². The fourth-order valence-electron chi connectivity index (χ4n) is 1.79. The van der Waals surface area contributed by atoms with Crippen molar-refractivity contribution in [2.24, 2.45) is 0 Å². The second kappa shape index (κ2) is 11.9. The predicted molar refractivity (Wildman–Crippen MR) is 82.4 cm³/mol. The van der Waals surface area contributed by atoms with E-state index < -0.39 is 8.80 Å². The lowest BCUT2D eigenvalue weighted by Gasteiger charge is -2.23. The molecule has 114 valence electrons. The molecule has 6 heteroatoms. The first-order valence-corrected chi connectivity index (χ1v) is 9.87. The maximum atomic E-state index is 11.7. The first kappa shape index (κ1) is 19.1. The molecule has 0 aliphatic heterocycles. The van der Waals surface area contributed by atoms with Crippen LogP contribution in [0.25, 0.3) is 0 Å². The third-order valence-corrected chi connectivity index (χ3v) is 7.11. The molecule has 4 nitrogen and oxygen atoms in total. The Balaban J connectivity index is 3.67. The quantitative estimate of drug-likeness (QED) is 0.408. The zero-order valence-electron chi connectivity index (χ0n) is 12.7. The van der Waals surface area contributed by atoms with Crippen LogP contribution in [0.4, 0.5) is 0 Å². The van der Waals surface area contributed by atoms with Gasteiger partial charge in [-0.1, -0.05) is 44.4 Å². The maximum Gasteiger partial charge on any atom is 0.500 e. The van der Waals surface area contributed by atoms with Crippen LogP contribution >= 0.6 is 11.8 Å². The molecule has 0 saturated heterocycles. The molecule has 0 unspecified atom stereocenters. The molecule has 0 aromatic heterocycles. The van der Waals surface area contributed by atoms with Crippen LogP contribution in [-0.2, 0) is 18.1 Å². The number of carbonyl (C=O) groups excluding carboxylic acids is 1. The predicted octanol–water partition coefficient (Wildman–Crippen LogP) is 3.48. The largest absolute Gasteiger partial charge is 0.500 e. The van der Waals surface area contributed by atoms with Gasteiger partial charge in [0.1, 0.15) is 0 Å². The third kappa shape index (κ3) is 8.81. The first-order chi connectivity index (χ1) is 9.14. The molecule has 0 rings (SSSR count). The van der Waals surface area contributed by atoms with Crippen molar-refractivity contribution >= 4 is 25.7 Å². The summed E-state index contributed by atoms with van der Waals surface area (Å²) in [5.41, 5.74) is 0. The summed E-state index contributed by atoms with van der Waals surface area (Å²) in [5, 5.41) is 0.266. The standard InChI is InChI=1S/C13H28O4SSi/c1-5-6-7-8-9-10-13(14)18-11-12-19(15-2,16-3)17-4/h5-12H2,1-4H3. The number of carbonyl (C=O) groups is 1. The van der Waals surface area contributed by atoms with Crippen LogP contribution in [0, 0.1) is 0 Å². The molecule has 0 heterocycles. The number of hydrogen-bond acceptors (Lipinski definition) is 5. The lowest BCUT2D eigenvalue weighted by Crippen LogP contribution is -2.43. The second-order valence-electron chi connectivity index (χ2n) is 4.43. The minimum Gasteiger partial charge on any atom is -0.377 e. The summed E-state index contributed by atoms with van der Waals surface area (Å²) >= 11 is 1.37. The highest BCUT2D eigenvalue weighted by Gasteiger charge is 2.37. The summed E-state index contributed by atoms with van der Waals surface area (Å²) in [6.07, 6.45) is 6.59. The minimum absolute atomic E-state index is 0.266. The molecular weight excluding hydrogens is 280 g/mol. The molecule has 0 amide bonds. The van der Waals surface area contributed by atoms with Gasteiger partial charge in [-0.2, -0.15) is 0 Å². The maximum absolute atomic E-state index is 11.7. The normalized spacial score (nSPS) is 11.8. The molecule has 0 aromatic carbocycles. The van der Waals surface area contributed by atoms with Crippen LogP contribution in [0.5, 0.6) is 0 Å². The molecule has 0 radical (unpaired) electrons. The highest BCUT2D eigenvalue weighted by molar-refractivity contribution is 8.13. The van der Waals surface area contributed by atoms with Crippen LogP contribution in [0.15, 0.2) is 0 Å². The molecule has 0 atom stereocenters. The van der Waals surface area contributed by atoms with E-state index in [1.807, 2.05) is 0 Å². The van der Waals surface area contributed by atoms with Gasteiger partial charge < -0.3 is 13.3 Å². The van der Waals surface area contributed by atoms with Crippen molar-refractivity contribution in [2.45, 2.75) is 51.5 Å². The Morgan fingerprint density at radius 2 is 1.58 bits per heavy atom. The van der Waals surface area contributed by atoms with Gasteiger partial charge in [0.05, 0.1) is 0 Å². The van der Waals surface area contributed by atoms with Crippen LogP contribution < -0.4 is 0 Å². The van der Waals surface area contributed by atoms with Gasteiger partial charge in [0.15, 0.2) is 5.12 Å². The van der Waals surface area contributed by atoms with E-state index in [4.69, 9.17) is 13.3 Å². The van der Waals surface area contributed by atoms with Crippen LogP contribution in [0.1, 0.15) is 45.4 Å². The van der Waals surface area contributed by atoms with Crippen molar-refractivity contribution in [3.05, 3.63) is 0 Å². The molecule has 0 fully saturated rings. The average molecular weight is 309 g/mol. The SMILES string of the molecule is CCCCCCCC(=O)SCC[Si](OC)(OC)OC. The molecule has 0 aromatic rings. The van der Waals surface area contributed by atoms with Gasteiger partial charge in [-0.15, -0.1) is 0 Å². The lowest BCUT2D eigenvalue weighted by molar-refractivity contribution is -0.111. The van der Waals surface area contributed by atoms with E-state index in [9.17, 15) is 4.79 Å². The molecule has 0 spiro atoms. The third-order valence-electron chi connectivity index (χ3n) is 3.09. The van der Waals surface area contributed by atoms with Crippen molar-refractivity contribution in [3.8, 4) is 0 Å². The molecule has 0 N–H and O–H groups in total. The first-order valence-electron chi connectivity index (χ1n) is 6.95. The fraction of sp³-hybridized carbons (Fsp3) is 0.923.